The van der Waals surface area contributed by atoms with Gasteiger partial charge in [-0.05, 0) is 25.6 Å². The number of nitrogens with two attached hydrogens (primary N) is 1. The zero-order valence-electron chi connectivity index (χ0n) is 7.83. The van der Waals surface area contributed by atoms with Gasteiger partial charge in [0.15, 0.2) is 0 Å². The summed E-state index contributed by atoms with van der Waals surface area (Å²) in [5.74, 6) is -0.327. The normalized spacial score (nSPS) is 12.8. The van der Waals surface area contributed by atoms with Gasteiger partial charge in [-0.25, -0.2) is 0 Å². The summed E-state index contributed by atoms with van der Waals surface area (Å²) in [6, 6.07) is 3.65. The maximum Gasteiger partial charge on any atom is 0.239 e. The van der Waals surface area contributed by atoms with Crippen LogP contribution in [0, 0.1) is 0 Å². The quantitative estimate of drug-likeness (QED) is 0.760. The minimum absolute atomic E-state index is 0.327. The number of hydrogen-bond donors (Lipinski definition) is 2. The van der Waals surface area contributed by atoms with Gasteiger partial charge >= 0.3 is 0 Å². The minimum atomic E-state index is -0.342. The van der Waals surface area contributed by atoms with Crippen molar-refractivity contribution in [2.75, 3.05) is 7.05 Å². The smallest absolute Gasteiger partial charge is 0.239 e. The lowest BCUT2D eigenvalue weighted by atomic mass is 10.2. The molecule has 1 rings (SSSR count). The zero-order chi connectivity index (χ0) is 9.84. The molecule has 0 radical (unpaired) electrons. The third-order valence-corrected chi connectivity index (χ3v) is 3.18. The fourth-order valence-corrected chi connectivity index (χ4v) is 2.24. The number of thiophene rings is 1. The molecule has 0 saturated heterocycles. The first-order valence-electron chi connectivity index (χ1n) is 4.24. The van der Waals surface area contributed by atoms with Gasteiger partial charge in [0, 0.05) is 9.75 Å². The highest BCUT2D eigenvalue weighted by molar-refractivity contribution is 7.12. The van der Waals surface area contributed by atoms with E-state index in [0.717, 1.165) is 11.3 Å². The van der Waals surface area contributed by atoms with Crippen molar-refractivity contribution in [2.45, 2.75) is 19.4 Å². The molecule has 0 aliphatic heterocycles. The standard InChI is InChI=1S/C9H14N2OS/c1-3-6-4-5-7(13-6)8(11-2)9(10)12/h4-5,8,11H,3H2,1-2H3,(H2,10,12). The second-order valence-electron chi connectivity index (χ2n) is 2.78. The Morgan fingerprint density at radius 1 is 1.69 bits per heavy atom. The number of rotatable bonds is 4. The molecule has 1 atom stereocenters. The third-order valence-electron chi connectivity index (χ3n) is 1.89. The van der Waals surface area contributed by atoms with Crippen LogP contribution in [0.15, 0.2) is 12.1 Å². The Morgan fingerprint density at radius 3 is 2.77 bits per heavy atom. The van der Waals surface area contributed by atoms with Crippen molar-refractivity contribution in [3.8, 4) is 0 Å². The minimum Gasteiger partial charge on any atom is -0.368 e. The molecule has 3 nitrogen and oxygen atoms in total. The van der Waals surface area contributed by atoms with Crippen LogP contribution in [0.1, 0.15) is 22.7 Å². The van der Waals surface area contributed by atoms with Crippen molar-refractivity contribution >= 4 is 17.2 Å². The van der Waals surface area contributed by atoms with E-state index in [0.29, 0.717) is 0 Å². The van der Waals surface area contributed by atoms with Crippen LogP contribution in [0.2, 0.25) is 0 Å². The Balaban J connectivity index is 2.85. The Bertz CT molecular complexity index is 296. The monoisotopic (exact) mass is 198 g/mol. The van der Waals surface area contributed by atoms with Crippen LogP contribution in [0.4, 0.5) is 0 Å². The highest BCUT2D eigenvalue weighted by Gasteiger charge is 2.16. The fourth-order valence-electron chi connectivity index (χ4n) is 1.16. The Hall–Kier alpha value is -0.870. The number of aryl methyl sites for hydroxylation is 1. The molecule has 4 heteroatoms. The van der Waals surface area contributed by atoms with Crippen LogP contribution in [0.25, 0.3) is 0 Å². The van der Waals surface area contributed by atoms with Gasteiger partial charge in [0.25, 0.3) is 0 Å². The van der Waals surface area contributed by atoms with Gasteiger partial charge in [0.05, 0.1) is 0 Å². The van der Waals surface area contributed by atoms with Crippen molar-refractivity contribution in [3.05, 3.63) is 21.9 Å². The number of hydrogen-bond acceptors (Lipinski definition) is 3. The van der Waals surface area contributed by atoms with E-state index >= 15 is 0 Å². The molecule has 1 heterocycles. The van der Waals surface area contributed by atoms with Crippen LogP contribution in [-0.2, 0) is 11.2 Å². The van der Waals surface area contributed by atoms with Crippen LogP contribution < -0.4 is 11.1 Å². The highest BCUT2D eigenvalue weighted by Crippen LogP contribution is 2.23. The van der Waals surface area contributed by atoms with E-state index in [2.05, 4.69) is 12.2 Å². The number of primary amides is 1. The van der Waals surface area contributed by atoms with Gasteiger partial charge in [-0.1, -0.05) is 6.92 Å². The van der Waals surface area contributed by atoms with E-state index in [4.69, 9.17) is 5.73 Å². The lowest BCUT2D eigenvalue weighted by Crippen LogP contribution is -2.30. The SMILES string of the molecule is CCc1ccc(C(NC)C(N)=O)s1. The van der Waals surface area contributed by atoms with Gasteiger partial charge in [-0.3, -0.25) is 4.79 Å². The van der Waals surface area contributed by atoms with E-state index in [1.54, 1.807) is 18.4 Å². The first-order chi connectivity index (χ1) is 6.19. The lowest BCUT2D eigenvalue weighted by molar-refractivity contribution is -0.119. The second-order valence-corrected chi connectivity index (χ2v) is 3.98. The van der Waals surface area contributed by atoms with E-state index in [-0.39, 0.29) is 11.9 Å². The Morgan fingerprint density at radius 2 is 2.38 bits per heavy atom. The maximum absolute atomic E-state index is 11.0. The first-order valence-corrected chi connectivity index (χ1v) is 5.05. The van der Waals surface area contributed by atoms with Crippen LogP contribution >= 0.6 is 11.3 Å². The molecule has 0 spiro atoms. The molecule has 0 aromatic carbocycles. The summed E-state index contributed by atoms with van der Waals surface area (Å²) in [7, 11) is 1.74. The van der Waals surface area contributed by atoms with Crippen molar-refractivity contribution < 1.29 is 4.79 Å². The zero-order valence-corrected chi connectivity index (χ0v) is 8.65. The van der Waals surface area contributed by atoms with Gasteiger partial charge in [0.1, 0.15) is 6.04 Å². The summed E-state index contributed by atoms with van der Waals surface area (Å²) < 4.78 is 0. The molecule has 72 valence electrons. The summed E-state index contributed by atoms with van der Waals surface area (Å²) in [5, 5.41) is 2.89. The molecule has 13 heavy (non-hydrogen) atoms. The fraction of sp³-hybridized carbons (Fsp3) is 0.444. The number of carbonyl (C=O) groups is 1. The summed E-state index contributed by atoms with van der Waals surface area (Å²) in [6.45, 7) is 2.09. The average molecular weight is 198 g/mol. The predicted octanol–water partition coefficient (Wildman–Crippen LogP) is 1.06. The van der Waals surface area contributed by atoms with E-state index in [9.17, 15) is 4.79 Å². The van der Waals surface area contributed by atoms with Crippen molar-refractivity contribution in [1.82, 2.24) is 5.32 Å². The molecule has 0 aliphatic carbocycles. The topological polar surface area (TPSA) is 55.1 Å². The van der Waals surface area contributed by atoms with Crippen molar-refractivity contribution in [2.24, 2.45) is 5.73 Å². The molecular weight excluding hydrogens is 184 g/mol. The molecule has 1 aromatic heterocycles. The van der Waals surface area contributed by atoms with Crippen LogP contribution in [-0.4, -0.2) is 13.0 Å². The van der Waals surface area contributed by atoms with Gasteiger partial charge in [0.2, 0.25) is 5.91 Å². The van der Waals surface area contributed by atoms with E-state index < -0.39 is 0 Å². The van der Waals surface area contributed by atoms with Gasteiger partial charge < -0.3 is 11.1 Å². The molecule has 1 amide bonds. The predicted molar refractivity (Wildman–Crippen MR) is 54.7 cm³/mol. The Labute approximate surface area is 81.9 Å². The van der Waals surface area contributed by atoms with Crippen molar-refractivity contribution in [1.29, 1.82) is 0 Å². The molecule has 1 unspecified atom stereocenters. The van der Waals surface area contributed by atoms with Crippen LogP contribution in [0.3, 0.4) is 0 Å². The van der Waals surface area contributed by atoms with E-state index in [1.165, 1.54) is 4.88 Å². The molecule has 1 aromatic rings. The number of likely N-dealkylation sites (N-methyl/N-ethyl adjacent to an activating group) is 1. The third kappa shape index (κ3) is 2.29. The molecule has 3 N–H and O–H groups in total. The average Bonchev–Trinajstić information content (AvgIpc) is 2.53. The maximum atomic E-state index is 11.0. The van der Waals surface area contributed by atoms with Gasteiger partial charge in [-0.2, -0.15) is 0 Å². The molecular formula is C9H14N2OS. The molecule has 0 bridgehead atoms. The summed E-state index contributed by atoms with van der Waals surface area (Å²) in [5.41, 5.74) is 5.24. The van der Waals surface area contributed by atoms with Crippen LogP contribution in [0.5, 0.6) is 0 Å². The molecule has 0 aliphatic rings. The first kappa shape index (κ1) is 10.2. The summed E-state index contributed by atoms with van der Waals surface area (Å²) in [6.07, 6.45) is 1.000. The van der Waals surface area contributed by atoms with Crippen molar-refractivity contribution in [3.63, 3.8) is 0 Å². The number of amides is 1. The van der Waals surface area contributed by atoms with Gasteiger partial charge in [-0.15, -0.1) is 11.3 Å². The molecule has 0 saturated carbocycles. The second kappa shape index (κ2) is 4.39. The molecule has 0 fully saturated rings. The van der Waals surface area contributed by atoms with E-state index in [1.807, 2.05) is 12.1 Å². The highest BCUT2D eigenvalue weighted by atomic mass is 32.1. The number of nitrogens with one attached hydrogen (secondary N) is 1. The lowest BCUT2D eigenvalue weighted by Gasteiger charge is -2.08. The number of carbonyl (C=O) groups excluding carboxylic acids is 1. The Kier molecular flexibility index (Phi) is 3.45. The largest absolute Gasteiger partial charge is 0.368 e. The summed E-state index contributed by atoms with van der Waals surface area (Å²) >= 11 is 1.63. The summed E-state index contributed by atoms with van der Waals surface area (Å²) in [4.78, 5) is 13.3.